The smallest absolute Gasteiger partial charge is 0.343 e. The first-order valence-corrected chi connectivity index (χ1v) is 8.97. The number of carbonyl (C=O) groups is 2. The minimum absolute atomic E-state index is 0.139. The van der Waals surface area contributed by atoms with Crippen LogP contribution in [0.15, 0.2) is 77.9 Å². The van der Waals surface area contributed by atoms with Crippen LogP contribution in [-0.2, 0) is 0 Å². The molecule has 0 aliphatic heterocycles. The summed E-state index contributed by atoms with van der Waals surface area (Å²) in [5.41, 5.74) is 2.59. The Morgan fingerprint density at radius 3 is 2.33 bits per heavy atom. The van der Waals surface area contributed by atoms with Crippen molar-refractivity contribution in [3.05, 3.63) is 105 Å². The molecule has 1 amide bonds. The maximum absolute atomic E-state index is 12.4. The molecule has 9 heteroatoms. The summed E-state index contributed by atoms with van der Waals surface area (Å²) in [6.45, 7) is 0. The first kappa shape index (κ1) is 20.7. The van der Waals surface area contributed by atoms with Crippen molar-refractivity contribution in [2.24, 2.45) is 5.10 Å². The van der Waals surface area contributed by atoms with Gasteiger partial charge in [-0.05, 0) is 42.5 Å². The van der Waals surface area contributed by atoms with Crippen molar-refractivity contribution < 1.29 is 19.2 Å². The fraction of sp³-hybridized carbons (Fsp3) is 0. The van der Waals surface area contributed by atoms with Crippen molar-refractivity contribution in [2.75, 3.05) is 0 Å². The molecule has 0 saturated heterocycles. The van der Waals surface area contributed by atoms with Crippen LogP contribution in [0.1, 0.15) is 26.3 Å². The van der Waals surface area contributed by atoms with Crippen molar-refractivity contribution in [1.82, 2.24) is 5.43 Å². The number of esters is 1. The van der Waals surface area contributed by atoms with Gasteiger partial charge in [-0.3, -0.25) is 14.9 Å². The van der Waals surface area contributed by atoms with Gasteiger partial charge in [0.1, 0.15) is 0 Å². The quantitative estimate of drug-likeness (QED) is 0.210. The average Bonchev–Trinajstić information content (AvgIpc) is 2.75. The van der Waals surface area contributed by atoms with Crippen LogP contribution < -0.4 is 10.2 Å². The van der Waals surface area contributed by atoms with E-state index in [9.17, 15) is 19.7 Å². The molecule has 0 radical (unpaired) electrons. The number of nitrogens with one attached hydrogen (secondary N) is 1. The lowest BCUT2D eigenvalue weighted by atomic mass is 10.2. The van der Waals surface area contributed by atoms with Crippen LogP contribution in [0.4, 0.5) is 5.69 Å². The molecule has 8 nitrogen and oxygen atoms in total. The van der Waals surface area contributed by atoms with Gasteiger partial charge in [-0.2, -0.15) is 5.10 Å². The maximum Gasteiger partial charge on any atom is 0.343 e. The topological polar surface area (TPSA) is 111 Å². The Labute approximate surface area is 175 Å². The first-order chi connectivity index (χ1) is 14.5. The van der Waals surface area contributed by atoms with Gasteiger partial charge in [-0.1, -0.05) is 35.9 Å². The Morgan fingerprint density at radius 1 is 0.967 bits per heavy atom. The van der Waals surface area contributed by atoms with E-state index in [1.54, 1.807) is 30.3 Å². The summed E-state index contributed by atoms with van der Waals surface area (Å²) in [6.07, 6.45) is 1.16. The van der Waals surface area contributed by atoms with Gasteiger partial charge in [0.05, 0.1) is 16.7 Å². The highest BCUT2D eigenvalue weighted by Crippen LogP contribution is 2.30. The Balaban J connectivity index is 1.84. The summed E-state index contributed by atoms with van der Waals surface area (Å²) in [5, 5.41) is 15.6. The standard InChI is InChI=1S/C21H14ClN3O5/c22-17-11-9-15(10-12-17)21(27)30-19-16(7-4-8-18(19)25(28)29)13-23-24-20(26)14-5-2-1-3-6-14/h1-13H,(H,24,26)/b23-13+. The van der Waals surface area contributed by atoms with Crippen LogP contribution in [0.3, 0.4) is 0 Å². The number of ether oxygens (including phenoxy) is 1. The predicted octanol–water partition coefficient (Wildman–Crippen LogP) is 4.23. The van der Waals surface area contributed by atoms with Gasteiger partial charge in [-0.25, -0.2) is 10.2 Å². The van der Waals surface area contributed by atoms with E-state index in [2.05, 4.69) is 10.5 Å². The van der Waals surface area contributed by atoms with Crippen LogP contribution in [0.2, 0.25) is 5.02 Å². The van der Waals surface area contributed by atoms with E-state index in [0.717, 1.165) is 6.21 Å². The SMILES string of the molecule is O=C(N/N=C/c1cccc([N+](=O)[O-])c1OC(=O)c1ccc(Cl)cc1)c1ccccc1. The van der Waals surface area contributed by atoms with Crippen molar-refractivity contribution in [1.29, 1.82) is 0 Å². The first-order valence-electron chi connectivity index (χ1n) is 8.59. The maximum atomic E-state index is 12.4. The number of hydrazone groups is 1. The van der Waals surface area contributed by atoms with Gasteiger partial charge in [0.25, 0.3) is 5.91 Å². The van der Waals surface area contributed by atoms with Gasteiger partial charge < -0.3 is 4.74 Å². The highest BCUT2D eigenvalue weighted by molar-refractivity contribution is 6.30. The third-order valence-electron chi connectivity index (χ3n) is 3.90. The van der Waals surface area contributed by atoms with Gasteiger partial charge in [0, 0.05) is 22.2 Å². The molecule has 3 aromatic rings. The van der Waals surface area contributed by atoms with E-state index in [-0.39, 0.29) is 16.9 Å². The number of para-hydroxylation sites is 1. The second-order valence-electron chi connectivity index (χ2n) is 5.91. The molecule has 0 bridgehead atoms. The number of carbonyl (C=O) groups excluding carboxylic acids is 2. The summed E-state index contributed by atoms with van der Waals surface area (Å²) in [6, 6.07) is 18.3. The summed E-state index contributed by atoms with van der Waals surface area (Å²) < 4.78 is 5.28. The molecular weight excluding hydrogens is 410 g/mol. The van der Waals surface area contributed by atoms with Crippen molar-refractivity contribution in [2.45, 2.75) is 0 Å². The van der Waals surface area contributed by atoms with Crippen molar-refractivity contribution in [3.63, 3.8) is 0 Å². The predicted molar refractivity (Wildman–Crippen MR) is 111 cm³/mol. The average molecular weight is 424 g/mol. The zero-order valence-corrected chi connectivity index (χ0v) is 16.1. The Hall–Kier alpha value is -4.04. The summed E-state index contributed by atoms with van der Waals surface area (Å²) >= 11 is 5.80. The Kier molecular flexibility index (Phi) is 6.51. The van der Waals surface area contributed by atoms with Crippen LogP contribution in [0.5, 0.6) is 5.75 Å². The summed E-state index contributed by atoms with van der Waals surface area (Å²) in [7, 11) is 0. The third kappa shape index (κ3) is 5.06. The number of halogens is 1. The molecule has 0 atom stereocenters. The lowest BCUT2D eigenvalue weighted by molar-refractivity contribution is -0.385. The second kappa shape index (κ2) is 9.44. The minimum Gasteiger partial charge on any atom is -0.415 e. The number of nitrogens with zero attached hydrogens (tertiary/aromatic N) is 2. The van der Waals surface area contributed by atoms with Crippen LogP contribution >= 0.6 is 11.6 Å². The molecule has 3 aromatic carbocycles. The number of benzene rings is 3. The molecule has 3 rings (SSSR count). The molecule has 1 N–H and O–H groups in total. The molecule has 150 valence electrons. The van der Waals surface area contributed by atoms with E-state index < -0.39 is 22.5 Å². The highest BCUT2D eigenvalue weighted by Gasteiger charge is 2.22. The molecule has 0 fully saturated rings. The van der Waals surface area contributed by atoms with E-state index in [4.69, 9.17) is 16.3 Å². The molecule has 0 saturated carbocycles. The van der Waals surface area contributed by atoms with Gasteiger partial charge in [-0.15, -0.1) is 0 Å². The lowest BCUT2D eigenvalue weighted by Gasteiger charge is -2.08. The van der Waals surface area contributed by atoms with Crippen LogP contribution in [0, 0.1) is 10.1 Å². The number of hydrogen-bond donors (Lipinski definition) is 1. The molecule has 30 heavy (non-hydrogen) atoms. The molecule has 0 unspecified atom stereocenters. The monoisotopic (exact) mass is 423 g/mol. The second-order valence-corrected chi connectivity index (χ2v) is 6.35. The molecule has 0 spiro atoms. The van der Waals surface area contributed by atoms with Crippen molar-refractivity contribution >= 4 is 35.4 Å². The number of rotatable bonds is 6. The number of nitro benzene ring substituents is 1. The zero-order chi connectivity index (χ0) is 21.5. The number of amides is 1. The van der Waals surface area contributed by atoms with E-state index in [1.165, 1.54) is 42.5 Å². The van der Waals surface area contributed by atoms with E-state index in [1.807, 2.05) is 0 Å². The summed E-state index contributed by atoms with van der Waals surface area (Å²) in [4.78, 5) is 35.2. The fourth-order valence-corrected chi connectivity index (χ4v) is 2.58. The lowest BCUT2D eigenvalue weighted by Crippen LogP contribution is -2.17. The fourth-order valence-electron chi connectivity index (χ4n) is 2.45. The molecule has 0 aliphatic rings. The van der Waals surface area contributed by atoms with Gasteiger partial charge in [0.15, 0.2) is 0 Å². The van der Waals surface area contributed by atoms with E-state index in [0.29, 0.717) is 10.6 Å². The zero-order valence-electron chi connectivity index (χ0n) is 15.3. The molecule has 0 aliphatic carbocycles. The van der Waals surface area contributed by atoms with Gasteiger partial charge in [0.2, 0.25) is 5.75 Å². The van der Waals surface area contributed by atoms with Crippen LogP contribution in [0.25, 0.3) is 0 Å². The van der Waals surface area contributed by atoms with E-state index >= 15 is 0 Å². The molecule has 0 aromatic heterocycles. The normalized spacial score (nSPS) is 10.6. The Morgan fingerprint density at radius 2 is 1.67 bits per heavy atom. The molecular formula is C21H14ClN3O5. The third-order valence-corrected chi connectivity index (χ3v) is 4.15. The number of nitro groups is 1. The van der Waals surface area contributed by atoms with Crippen LogP contribution in [-0.4, -0.2) is 23.0 Å². The largest absolute Gasteiger partial charge is 0.415 e. The minimum atomic E-state index is -0.802. The number of hydrogen-bond acceptors (Lipinski definition) is 6. The van der Waals surface area contributed by atoms with Crippen molar-refractivity contribution in [3.8, 4) is 5.75 Å². The highest BCUT2D eigenvalue weighted by atomic mass is 35.5. The van der Waals surface area contributed by atoms with Gasteiger partial charge >= 0.3 is 11.7 Å². The molecule has 0 heterocycles. The Bertz CT molecular complexity index is 1120. The summed E-state index contributed by atoms with van der Waals surface area (Å²) in [5.74, 6) is -1.55.